The van der Waals surface area contributed by atoms with Gasteiger partial charge in [0.05, 0.1) is 12.8 Å². The van der Waals surface area contributed by atoms with Crippen LogP contribution in [0.5, 0.6) is 5.75 Å². The van der Waals surface area contributed by atoms with Crippen LogP contribution in [0.15, 0.2) is 6.07 Å². The Morgan fingerprint density at radius 1 is 1.44 bits per heavy atom. The molecule has 2 N–H and O–H groups in total. The Balaban J connectivity index is 3.55. The minimum Gasteiger partial charge on any atom is -0.494 e. The molecule has 0 radical (unpaired) electrons. The van der Waals surface area contributed by atoms with Crippen LogP contribution in [-0.4, -0.2) is 12.9 Å². The summed E-state index contributed by atoms with van der Waals surface area (Å²) in [7, 11) is 1.60. The summed E-state index contributed by atoms with van der Waals surface area (Å²) in [5, 5.41) is 0. The number of benzene rings is 1. The van der Waals surface area contributed by atoms with Gasteiger partial charge in [0, 0.05) is 5.56 Å². The molecule has 0 amide bonds. The van der Waals surface area contributed by atoms with Gasteiger partial charge in [0.2, 0.25) is 0 Å². The van der Waals surface area contributed by atoms with Gasteiger partial charge in [-0.1, -0.05) is 13.8 Å². The van der Waals surface area contributed by atoms with Crippen molar-refractivity contribution in [2.75, 3.05) is 12.8 Å². The Kier molecular flexibility index (Phi) is 3.58. The van der Waals surface area contributed by atoms with Crippen molar-refractivity contribution in [3.8, 4) is 5.75 Å². The highest BCUT2D eigenvalue weighted by atomic mass is 16.5. The molecule has 3 heteroatoms. The van der Waals surface area contributed by atoms with Crippen molar-refractivity contribution in [1.29, 1.82) is 0 Å². The van der Waals surface area contributed by atoms with E-state index >= 15 is 0 Å². The molecule has 0 aromatic heterocycles. The number of carbonyl (C=O) groups is 1. The van der Waals surface area contributed by atoms with Gasteiger partial charge >= 0.3 is 0 Å². The third-order valence-corrected chi connectivity index (χ3v) is 2.82. The van der Waals surface area contributed by atoms with Crippen molar-refractivity contribution < 1.29 is 9.53 Å². The van der Waals surface area contributed by atoms with Crippen LogP contribution in [-0.2, 0) is 0 Å². The molecule has 0 saturated heterocycles. The molecule has 0 spiro atoms. The average molecular weight is 221 g/mol. The summed E-state index contributed by atoms with van der Waals surface area (Å²) in [5.74, 6) is 1.00. The molecule has 0 aliphatic carbocycles. The number of carbonyl (C=O) groups excluding carboxylic acids is 1. The second-order valence-corrected chi connectivity index (χ2v) is 4.30. The molecule has 88 valence electrons. The van der Waals surface area contributed by atoms with E-state index in [-0.39, 0.29) is 11.7 Å². The van der Waals surface area contributed by atoms with E-state index < -0.39 is 0 Å². The molecule has 1 aromatic rings. The van der Waals surface area contributed by atoms with Crippen molar-refractivity contribution in [2.45, 2.75) is 33.6 Å². The number of methoxy groups -OCH3 is 1. The van der Waals surface area contributed by atoms with Gasteiger partial charge in [-0.3, -0.25) is 4.79 Å². The second-order valence-electron chi connectivity index (χ2n) is 4.30. The first-order chi connectivity index (χ1) is 7.40. The van der Waals surface area contributed by atoms with E-state index in [1.165, 1.54) is 0 Å². The molecule has 16 heavy (non-hydrogen) atoms. The number of ketones is 1. The first-order valence-corrected chi connectivity index (χ1v) is 5.38. The fraction of sp³-hybridized carbons (Fsp3) is 0.462. The number of ether oxygens (including phenoxy) is 1. The van der Waals surface area contributed by atoms with Crippen LogP contribution in [0.2, 0.25) is 0 Å². The minimum atomic E-state index is 0.0359. The normalized spacial score (nSPS) is 10.6. The van der Waals surface area contributed by atoms with E-state index in [4.69, 9.17) is 10.5 Å². The number of rotatable bonds is 3. The molecule has 0 bridgehead atoms. The molecular formula is C13H19NO2. The van der Waals surface area contributed by atoms with Gasteiger partial charge < -0.3 is 10.5 Å². The lowest BCUT2D eigenvalue weighted by atomic mass is 9.93. The fourth-order valence-electron chi connectivity index (χ4n) is 1.82. The first-order valence-electron chi connectivity index (χ1n) is 5.38. The van der Waals surface area contributed by atoms with Gasteiger partial charge in [0.1, 0.15) is 5.75 Å². The molecule has 0 heterocycles. The van der Waals surface area contributed by atoms with E-state index in [1.807, 2.05) is 13.0 Å². The molecule has 0 fully saturated rings. The number of hydrogen-bond acceptors (Lipinski definition) is 3. The maximum absolute atomic E-state index is 11.5. The van der Waals surface area contributed by atoms with E-state index in [2.05, 4.69) is 13.8 Å². The highest BCUT2D eigenvalue weighted by Crippen LogP contribution is 2.36. The SMILES string of the molecule is COc1c(C(C)C)cc(C(C)=O)c(C)c1N. The second kappa shape index (κ2) is 4.56. The Hall–Kier alpha value is -1.51. The topological polar surface area (TPSA) is 52.3 Å². The first kappa shape index (κ1) is 12.6. The van der Waals surface area contributed by atoms with Gasteiger partial charge in [-0.25, -0.2) is 0 Å². The van der Waals surface area contributed by atoms with Crippen LogP contribution in [0, 0.1) is 6.92 Å². The number of anilines is 1. The smallest absolute Gasteiger partial charge is 0.160 e. The van der Waals surface area contributed by atoms with E-state index in [1.54, 1.807) is 14.0 Å². The summed E-state index contributed by atoms with van der Waals surface area (Å²) < 4.78 is 5.32. The van der Waals surface area contributed by atoms with Crippen LogP contribution < -0.4 is 10.5 Å². The standard InChI is InChI=1S/C13H19NO2/c1-7(2)10-6-11(9(4)15)8(3)12(14)13(10)16-5/h6-7H,14H2,1-5H3. The van der Waals surface area contributed by atoms with Crippen molar-refractivity contribution in [2.24, 2.45) is 0 Å². The maximum atomic E-state index is 11.5. The third kappa shape index (κ3) is 2.03. The van der Waals surface area contributed by atoms with E-state index in [0.29, 0.717) is 17.0 Å². The predicted molar refractivity (Wildman–Crippen MR) is 66.2 cm³/mol. The number of hydrogen-bond donors (Lipinski definition) is 1. The van der Waals surface area contributed by atoms with Crippen LogP contribution in [0.4, 0.5) is 5.69 Å². The molecule has 0 aliphatic heterocycles. The Bertz CT molecular complexity index is 422. The quantitative estimate of drug-likeness (QED) is 0.630. The zero-order valence-electron chi connectivity index (χ0n) is 10.5. The van der Waals surface area contributed by atoms with Crippen molar-refractivity contribution >= 4 is 11.5 Å². The molecule has 0 unspecified atom stereocenters. The van der Waals surface area contributed by atoms with Crippen LogP contribution in [0.1, 0.15) is 48.2 Å². The Morgan fingerprint density at radius 2 is 2.00 bits per heavy atom. The largest absolute Gasteiger partial charge is 0.494 e. The van der Waals surface area contributed by atoms with Crippen molar-refractivity contribution in [3.05, 3.63) is 22.8 Å². The Morgan fingerprint density at radius 3 is 2.38 bits per heavy atom. The summed E-state index contributed by atoms with van der Waals surface area (Å²) in [6.07, 6.45) is 0. The molecule has 0 atom stereocenters. The lowest BCUT2D eigenvalue weighted by Crippen LogP contribution is -2.07. The zero-order chi connectivity index (χ0) is 12.5. The molecule has 1 rings (SSSR count). The van der Waals surface area contributed by atoms with Gasteiger partial charge in [-0.15, -0.1) is 0 Å². The van der Waals surface area contributed by atoms with Gasteiger partial charge in [0.25, 0.3) is 0 Å². The lowest BCUT2D eigenvalue weighted by Gasteiger charge is -2.18. The van der Waals surface area contributed by atoms with Gasteiger partial charge in [-0.2, -0.15) is 0 Å². The third-order valence-electron chi connectivity index (χ3n) is 2.82. The fourth-order valence-corrected chi connectivity index (χ4v) is 1.82. The van der Waals surface area contributed by atoms with Crippen LogP contribution >= 0.6 is 0 Å². The molecular weight excluding hydrogens is 202 g/mol. The zero-order valence-corrected chi connectivity index (χ0v) is 10.5. The molecule has 0 saturated carbocycles. The number of Topliss-reactive ketones (excluding diaryl/α,β-unsaturated/α-hetero) is 1. The minimum absolute atomic E-state index is 0.0359. The van der Waals surface area contributed by atoms with Crippen LogP contribution in [0.25, 0.3) is 0 Å². The average Bonchev–Trinajstić information content (AvgIpc) is 2.20. The molecule has 0 aliphatic rings. The van der Waals surface area contributed by atoms with Gasteiger partial charge in [0.15, 0.2) is 5.78 Å². The summed E-state index contributed by atoms with van der Waals surface area (Å²) >= 11 is 0. The summed E-state index contributed by atoms with van der Waals surface area (Å²) in [5.41, 5.74) is 9.03. The maximum Gasteiger partial charge on any atom is 0.160 e. The lowest BCUT2D eigenvalue weighted by molar-refractivity contribution is 0.101. The Labute approximate surface area is 96.6 Å². The van der Waals surface area contributed by atoms with E-state index in [0.717, 1.165) is 11.1 Å². The number of nitrogen functional groups attached to an aromatic ring is 1. The summed E-state index contributed by atoms with van der Waals surface area (Å²) in [6, 6.07) is 1.89. The highest BCUT2D eigenvalue weighted by Gasteiger charge is 2.17. The monoisotopic (exact) mass is 221 g/mol. The van der Waals surface area contributed by atoms with Crippen LogP contribution in [0.3, 0.4) is 0 Å². The predicted octanol–water partition coefficient (Wildman–Crippen LogP) is 2.91. The summed E-state index contributed by atoms with van der Waals surface area (Å²) in [6.45, 7) is 7.50. The highest BCUT2D eigenvalue weighted by molar-refractivity contribution is 5.97. The van der Waals surface area contributed by atoms with E-state index in [9.17, 15) is 4.79 Å². The van der Waals surface area contributed by atoms with Gasteiger partial charge in [-0.05, 0) is 37.0 Å². The summed E-state index contributed by atoms with van der Waals surface area (Å²) in [4.78, 5) is 11.5. The van der Waals surface area contributed by atoms with Crippen molar-refractivity contribution in [1.82, 2.24) is 0 Å². The molecule has 3 nitrogen and oxygen atoms in total. The van der Waals surface area contributed by atoms with Crippen molar-refractivity contribution in [3.63, 3.8) is 0 Å². The number of nitrogens with two attached hydrogens (primary N) is 1. The molecule has 1 aromatic carbocycles.